The van der Waals surface area contributed by atoms with E-state index in [0.717, 1.165) is 120 Å². The molecule has 0 radical (unpaired) electrons. The van der Waals surface area contributed by atoms with E-state index in [1.807, 2.05) is 72.7 Å². The average Bonchev–Trinajstić information content (AvgIpc) is 3.41. The summed E-state index contributed by atoms with van der Waals surface area (Å²) in [5.41, 5.74) is 4.39. The molecule has 0 saturated heterocycles. The fraction of sp³-hybridized carbons (Fsp3) is 0.508. The van der Waals surface area contributed by atoms with Crippen LogP contribution in [0.4, 0.5) is 0 Å². The zero-order valence-electron chi connectivity index (χ0n) is 45.1. The molecule has 4 aliphatic rings. The lowest BCUT2D eigenvalue weighted by Gasteiger charge is -2.27. The van der Waals surface area contributed by atoms with Gasteiger partial charge in [0.15, 0.2) is 0 Å². The minimum Gasteiger partial charge on any atom is -0.348 e. The maximum Gasteiger partial charge on any atom is 0.271 e. The summed E-state index contributed by atoms with van der Waals surface area (Å²) in [5.74, 6) is 26.0. The van der Waals surface area contributed by atoms with Crippen LogP contribution in [0.5, 0.6) is 0 Å². The SMILES string of the molecule is CC#CC1CCCC(NC(=O)c2cccc(C)n2)C1.CC#CC1CCCC(NC(=O)c2cnc(C)cn2)C1.CC#CC1CCCC(NC(=O)c2cnccn2)C1.CC#CC1CCCC(NC(=O)c2ncccc2C)C1. The van der Waals surface area contributed by atoms with Gasteiger partial charge in [-0.1, -0.05) is 37.8 Å². The molecule has 4 amide bonds. The first-order valence-electron chi connectivity index (χ1n) is 26.7. The lowest BCUT2D eigenvalue weighted by Crippen LogP contribution is -2.38. The Hall–Kier alpha value is -7.42. The fourth-order valence-electron chi connectivity index (χ4n) is 9.98. The van der Waals surface area contributed by atoms with Crippen molar-refractivity contribution in [3.63, 3.8) is 0 Å². The number of nitrogens with one attached hydrogen (secondary N) is 4. The van der Waals surface area contributed by atoms with Crippen LogP contribution in [0, 0.1) is 91.8 Å². The third kappa shape index (κ3) is 20.8. The molecule has 0 bridgehead atoms. The van der Waals surface area contributed by atoms with Gasteiger partial charge in [0.2, 0.25) is 0 Å². The molecule has 0 aliphatic heterocycles. The van der Waals surface area contributed by atoms with Gasteiger partial charge in [-0.3, -0.25) is 34.1 Å². The van der Waals surface area contributed by atoms with E-state index in [1.54, 1.807) is 24.7 Å². The molecule has 8 unspecified atom stereocenters. The third-order valence-electron chi connectivity index (χ3n) is 13.6. The predicted molar refractivity (Wildman–Crippen MR) is 293 cm³/mol. The van der Waals surface area contributed by atoms with E-state index in [0.29, 0.717) is 46.4 Å². The molecule has 394 valence electrons. The van der Waals surface area contributed by atoms with Crippen LogP contribution in [0.25, 0.3) is 0 Å². The van der Waals surface area contributed by atoms with Gasteiger partial charge in [0.25, 0.3) is 23.6 Å². The first-order valence-corrected chi connectivity index (χ1v) is 26.7. The van der Waals surface area contributed by atoms with Crippen LogP contribution in [0.1, 0.15) is 189 Å². The van der Waals surface area contributed by atoms with Gasteiger partial charge in [-0.25, -0.2) is 15.0 Å². The standard InChI is InChI=1S/2C16H20N2O.C15H19N3O.C14H17N3O/c1-3-6-13-8-4-9-14(11-13)18-16(19)15-12(2)7-5-10-17-15;1-3-6-13-8-5-9-14(11-13)18-16(19)15-10-4-7-12(2)17-15;1-3-5-12-6-4-7-13(8-12)18-15(19)14-10-16-11(2)9-17-14;1-2-4-11-5-3-6-12(9-11)17-14(18)13-10-15-7-8-16-13/h5,7,10,13-14H,4,8-9,11H2,1-2H3,(H,18,19);4,7,10,13-14H,5,8-9,11H2,1-2H3,(H,18,19);9-10,12-13H,4,6-8H2,1-2H3,(H,18,19);7-8,10-12H,3,5-6,9H2,1H3,(H,17,18). The summed E-state index contributed by atoms with van der Waals surface area (Å²) in [4.78, 5) is 72.8. The maximum atomic E-state index is 12.2. The van der Waals surface area contributed by atoms with E-state index >= 15 is 0 Å². The number of aryl methyl sites for hydroxylation is 3. The quantitative estimate of drug-likeness (QED) is 0.124. The van der Waals surface area contributed by atoms with Crippen LogP contribution < -0.4 is 21.3 Å². The number of rotatable bonds is 8. The predicted octanol–water partition coefficient (Wildman–Crippen LogP) is 9.29. The summed E-state index contributed by atoms with van der Waals surface area (Å²) >= 11 is 0. The topological polar surface area (TPSA) is 194 Å². The Morgan fingerprint density at radius 3 is 1.29 bits per heavy atom. The summed E-state index contributed by atoms with van der Waals surface area (Å²) in [7, 11) is 0. The number of pyridine rings is 2. The monoisotopic (exact) mass is 1010 g/mol. The second kappa shape index (κ2) is 32.0. The van der Waals surface area contributed by atoms with Crippen LogP contribution in [0.3, 0.4) is 0 Å². The molecule has 8 atom stereocenters. The van der Waals surface area contributed by atoms with E-state index < -0.39 is 0 Å². The summed E-state index contributed by atoms with van der Waals surface area (Å²) < 4.78 is 0. The molecule has 14 nitrogen and oxygen atoms in total. The Bertz CT molecular complexity index is 2740. The van der Waals surface area contributed by atoms with Crippen LogP contribution in [-0.4, -0.2) is 77.7 Å². The molecule has 8 rings (SSSR count). The average molecular weight is 1010 g/mol. The Kier molecular flexibility index (Phi) is 25.0. The Morgan fingerprint density at radius 1 is 0.440 bits per heavy atom. The molecule has 4 saturated carbocycles. The van der Waals surface area contributed by atoms with Crippen molar-refractivity contribution in [1.29, 1.82) is 0 Å². The highest BCUT2D eigenvalue weighted by molar-refractivity contribution is 5.94. The summed E-state index contributed by atoms with van der Waals surface area (Å²) in [6.07, 6.45) is 26.3. The third-order valence-corrected chi connectivity index (χ3v) is 13.6. The molecule has 4 heterocycles. The van der Waals surface area contributed by atoms with Crippen molar-refractivity contribution in [2.24, 2.45) is 23.7 Å². The molecule has 0 aromatic carbocycles. The summed E-state index contributed by atoms with van der Waals surface area (Å²) in [6, 6.07) is 10.1. The maximum absolute atomic E-state index is 12.2. The molecule has 75 heavy (non-hydrogen) atoms. The van der Waals surface area contributed by atoms with Crippen LogP contribution in [0.15, 0.2) is 67.5 Å². The Labute approximate surface area is 445 Å². The molecule has 4 aliphatic carbocycles. The minimum atomic E-state index is -0.141. The lowest BCUT2D eigenvalue weighted by molar-refractivity contribution is 0.0909. The van der Waals surface area contributed by atoms with E-state index in [9.17, 15) is 19.2 Å². The largest absolute Gasteiger partial charge is 0.348 e. The highest BCUT2D eigenvalue weighted by atomic mass is 16.2. The van der Waals surface area contributed by atoms with Crippen LogP contribution >= 0.6 is 0 Å². The summed E-state index contributed by atoms with van der Waals surface area (Å²) in [5, 5.41) is 12.2. The molecule has 0 spiro atoms. The van der Waals surface area contributed by atoms with Crippen molar-refractivity contribution in [2.45, 2.75) is 175 Å². The van der Waals surface area contributed by atoms with Crippen molar-refractivity contribution in [3.8, 4) is 47.4 Å². The minimum absolute atomic E-state index is 0.0618. The Morgan fingerprint density at radius 2 is 0.893 bits per heavy atom. The van der Waals surface area contributed by atoms with Crippen molar-refractivity contribution in [2.75, 3.05) is 0 Å². The van der Waals surface area contributed by atoms with Gasteiger partial charge in [-0.2, -0.15) is 0 Å². The first-order chi connectivity index (χ1) is 36.4. The second-order valence-corrected chi connectivity index (χ2v) is 19.7. The zero-order chi connectivity index (χ0) is 53.8. The number of carbonyl (C=O) groups excluding carboxylic acids is 4. The Balaban J connectivity index is 0.000000185. The number of carbonyl (C=O) groups is 4. The molecule has 4 aromatic rings. The van der Waals surface area contributed by atoms with Crippen LogP contribution in [0.2, 0.25) is 0 Å². The normalized spacial score (nSPS) is 22.3. The first kappa shape index (κ1) is 58.5. The number of nitrogens with zero attached hydrogens (tertiary/aromatic N) is 6. The van der Waals surface area contributed by atoms with Crippen molar-refractivity contribution >= 4 is 23.6 Å². The van der Waals surface area contributed by atoms with Crippen molar-refractivity contribution < 1.29 is 19.2 Å². The smallest absolute Gasteiger partial charge is 0.271 e. The number of hydrogen-bond donors (Lipinski definition) is 4. The van der Waals surface area contributed by atoms with Gasteiger partial charge in [0.1, 0.15) is 22.8 Å². The molecule has 4 aromatic heterocycles. The lowest BCUT2D eigenvalue weighted by atomic mass is 9.86. The van der Waals surface area contributed by atoms with Crippen molar-refractivity contribution in [3.05, 3.63) is 107 Å². The van der Waals surface area contributed by atoms with Gasteiger partial charge in [0.05, 0.1) is 18.1 Å². The highest BCUT2D eigenvalue weighted by Crippen LogP contribution is 2.27. The van der Waals surface area contributed by atoms with Gasteiger partial charge in [0, 0.05) is 78.3 Å². The van der Waals surface area contributed by atoms with Gasteiger partial charge < -0.3 is 21.3 Å². The van der Waals surface area contributed by atoms with E-state index in [4.69, 9.17) is 0 Å². The van der Waals surface area contributed by atoms with Gasteiger partial charge in [-0.05, 0) is 149 Å². The fourth-order valence-corrected chi connectivity index (χ4v) is 9.98. The molecular formula is C61H76N10O4. The summed E-state index contributed by atoms with van der Waals surface area (Å²) in [6.45, 7) is 13.1. The van der Waals surface area contributed by atoms with Gasteiger partial charge >= 0.3 is 0 Å². The number of amides is 4. The van der Waals surface area contributed by atoms with Crippen molar-refractivity contribution in [1.82, 2.24) is 51.2 Å². The van der Waals surface area contributed by atoms with Crippen LogP contribution in [-0.2, 0) is 0 Å². The number of aromatic nitrogens is 6. The molecule has 4 fully saturated rings. The molecular weight excluding hydrogens is 937 g/mol. The zero-order valence-corrected chi connectivity index (χ0v) is 45.1. The van der Waals surface area contributed by atoms with E-state index in [-0.39, 0.29) is 47.8 Å². The van der Waals surface area contributed by atoms with E-state index in [1.165, 1.54) is 18.6 Å². The second-order valence-electron chi connectivity index (χ2n) is 19.7. The van der Waals surface area contributed by atoms with E-state index in [2.05, 4.69) is 98.5 Å². The number of hydrogen-bond acceptors (Lipinski definition) is 10. The highest BCUT2D eigenvalue weighted by Gasteiger charge is 2.26. The molecule has 14 heteroatoms. The molecule has 4 N–H and O–H groups in total. The van der Waals surface area contributed by atoms with Gasteiger partial charge in [-0.15, -0.1) is 47.4 Å².